The molecule has 0 spiro atoms. The van der Waals surface area contributed by atoms with Crippen molar-refractivity contribution >= 4 is 5.91 Å². The summed E-state index contributed by atoms with van der Waals surface area (Å²) in [6.07, 6.45) is -3.08. The quantitative estimate of drug-likeness (QED) is 0.456. The Labute approximate surface area is 196 Å². The SMILES string of the molecule is COc1cc2c(cc1OC)C(c1cccc(C(F)(F)F)c1)N(C(=O)CCc1ccccc1)CC2. The number of aryl methyl sites for hydroxylation is 1. The van der Waals surface area contributed by atoms with Crippen LogP contribution in [0.3, 0.4) is 0 Å². The number of methoxy groups -OCH3 is 2. The van der Waals surface area contributed by atoms with E-state index >= 15 is 0 Å². The molecule has 4 nitrogen and oxygen atoms in total. The lowest BCUT2D eigenvalue weighted by atomic mass is 9.86. The van der Waals surface area contributed by atoms with Crippen LogP contribution in [0.25, 0.3) is 0 Å². The first-order valence-corrected chi connectivity index (χ1v) is 11.1. The van der Waals surface area contributed by atoms with Crippen LogP contribution in [0.15, 0.2) is 66.7 Å². The highest BCUT2D eigenvalue weighted by Gasteiger charge is 2.36. The zero-order valence-corrected chi connectivity index (χ0v) is 19.1. The number of amides is 1. The lowest BCUT2D eigenvalue weighted by Gasteiger charge is -2.38. The first-order valence-electron chi connectivity index (χ1n) is 11.1. The van der Waals surface area contributed by atoms with Crippen molar-refractivity contribution < 1.29 is 27.4 Å². The molecule has 3 aromatic rings. The first-order chi connectivity index (χ1) is 16.3. The molecular formula is C27H26F3NO3. The van der Waals surface area contributed by atoms with Crippen molar-refractivity contribution in [3.05, 3.63) is 94.5 Å². The topological polar surface area (TPSA) is 38.8 Å². The summed E-state index contributed by atoms with van der Waals surface area (Å²) in [5.74, 6) is 0.913. The van der Waals surface area contributed by atoms with Crippen LogP contribution in [0, 0.1) is 0 Å². The van der Waals surface area contributed by atoms with Gasteiger partial charge in [-0.3, -0.25) is 4.79 Å². The number of carbonyl (C=O) groups is 1. The van der Waals surface area contributed by atoms with Gasteiger partial charge in [-0.2, -0.15) is 13.2 Å². The molecule has 1 aliphatic rings. The third-order valence-electron chi connectivity index (χ3n) is 6.19. The van der Waals surface area contributed by atoms with Crippen molar-refractivity contribution in [3.8, 4) is 11.5 Å². The first kappa shape index (κ1) is 23.7. The summed E-state index contributed by atoms with van der Waals surface area (Å²) in [5.41, 5.74) is 2.38. The maximum atomic E-state index is 13.5. The number of alkyl halides is 3. The summed E-state index contributed by atoms with van der Waals surface area (Å²) >= 11 is 0. The van der Waals surface area contributed by atoms with Crippen LogP contribution in [0.4, 0.5) is 13.2 Å². The monoisotopic (exact) mass is 469 g/mol. The van der Waals surface area contributed by atoms with Crippen LogP contribution >= 0.6 is 0 Å². The number of hydrogen-bond donors (Lipinski definition) is 0. The largest absolute Gasteiger partial charge is 0.493 e. The molecule has 178 valence electrons. The molecule has 0 saturated heterocycles. The van der Waals surface area contributed by atoms with Gasteiger partial charge in [-0.1, -0.05) is 42.5 Å². The number of rotatable bonds is 6. The Bertz CT molecular complexity index is 1160. The second-order valence-corrected chi connectivity index (χ2v) is 8.25. The number of halogens is 3. The molecular weight excluding hydrogens is 443 g/mol. The number of fused-ring (bicyclic) bond motifs is 1. The van der Waals surface area contributed by atoms with Crippen LogP contribution in [-0.2, 0) is 23.8 Å². The van der Waals surface area contributed by atoms with Gasteiger partial charge in [0.05, 0.1) is 25.8 Å². The minimum absolute atomic E-state index is 0.105. The molecule has 1 amide bonds. The third-order valence-corrected chi connectivity index (χ3v) is 6.19. The van der Waals surface area contributed by atoms with Crippen molar-refractivity contribution in [2.75, 3.05) is 20.8 Å². The van der Waals surface area contributed by atoms with Crippen LogP contribution in [0.2, 0.25) is 0 Å². The molecule has 1 heterocycles. The van der Waals surface area contributed by atoms with Gasteiger partial charge in [0.2, 0.25) is 5.91 Å². The van der Waals surface area contributed by atoms with E-state index < -0.39 is 17.8 Å². The van der Waals surface area contributed by atoms with Gasteiger partial charge in [-0.25, -0.2) is 0 Å². The molecule has 1 unspecified atom stereocenters. The average Bonchev–Trinajstić information content (AvgIpc) is 2.85. The number of benzene rings is 3. The molecule has 7 heteroatoms. The Morgan fingerprint density at radius 3 is 2.35 bits per heavy atom. The van der Waals surface area contributed by atoms with E-state index in [2.05, 4.69) is 0 Å². The minimum atomic E-state index is -4.48. The number of ether oxygens (including phenoxy) is 2. The third kappa shape index (κ3) is 4.88. The molecule has 0 bridgehead atoms. The predicted molar refractivity (Wildman–Crippen MR) is 123 cm³/mol. The van der Waals surface area contributed by atoms with E-state index in [9.17, 15) is 18.0 Å². The normalized spacial score (nSPS) is 15.6. The van der Waals surface area contributed by atoms with E-state index in [0.717, 1.165) is 28.8 Å². The van der Waals surface area contributed by atoms with E-state index in [4.69, 9.17) is 9.47 Å². The summed E-state index contributed by atoms with van der Waals surface area (Å²) in [6, 6.07) is 17.8. The number of carbonyl (C=O) groups excluding carboxylic acids is 1. The fraction of sp³-hybridized carbons (Fsp3) is 0.296. The highest BCUT2D eigenvalue weighted by molar-refractivity contribution is 5.78. The average molecular weight is 470 g/mol. The zero-order valence-electron chi connectivity index (χ0n) is 19.1. The van der Waals surface area contributed by atoms with Crippen molar-refractivity contribution in [1.82, 2.24) is 4.90 Å². The molecule has 4 rings (SSSR count). The lowest BCUT2D eigenvalue weighted by Crippen LogP contribution is -2.40. The van der Waals surface area contributed by atoms with Crippen molar-refractivity contribution in [2.45, 2.75) is 31.5 Å². The molecule has 34 heavy (non-hydrogen) atoms. The smallest absolute Gasteiger partial charge is 0.416 e. The van der Waals surface area contributed by atoms with Crippen molar-refractivity contribution in [3.63, 3.8) is 0 Å². The number of nitrogens with zero attached hydrogens (tertiary/aromatic N) is 1. The van der Waals surface area contributed by atoms with Gasteiger partial charge in [0.15, 0.2) is 11.5 Å². The van der Waals surface area contributed by atoms with Crippen LogP contribution < -0.4 is 9.47 Å². The molecule has 0 saturated carbocycles. The van der Waals surface area contributed by atoms with Crippen LogP contribution in [-0.4, -0.2) is 31.6 Å². The standard InChI is InChI=1S/C27H26F3NO3/c1-33-23-16-19-13-14-31(25(32)12-11-18-7-4-3-5-8-18)26(22(19)17-24(23)34-2)20-9-6-10-21(15-20)27(28,29)30/h3-10,15-17,26H,11-14H2,1-2H3. The lowest BCUT2D eigenvalue weighted by molar-refractivity contribution is -0.137. The predicted octanol–water partition coefficient (Wildman–Crippen LogP) is 5.83. The zero-order chi connectivity index (χ0) is 24.3. The van der Waals surface area contributed by atoms with Gasteiger partial charge in [-0.15, -0.1) is 0 Å². The van der Waals surface area contributed by atoms with Gasteiger partial charge in [0.1, 0.15) is 0 Å². The summed E-state index contributed by atoms with van der Waals surface area (Å²) in [4.78, 5) is 15.1. The molecule has 3 aromatic carbocycles. The fourth-order valence-corrected chi connectivity index (χ4v) is 4.50. The van der Waals surface area contributed by atoms with E-state index in [-0.39, 0.29) is 12.3 Å². The molecule has 0 aliphatic carbocycles. The van der Waals surface area contributed by atoms with Gasteiger partial charge in [-0.05, 0) is 59.4 Å². The van der Waals surface area contributed by atoms with Gasteiger partial charge < -0.3 is 14.4 Å². The molecule has 1 atom stereocenters. The summed E-state index contributed by atoms with van der Waals surface area (Å²) in [6.45, 7) is 0.400. The second-order valence-electron chi connectivity index (χ2n) is 8.25. The Morgan fingerprint density at radius 1 is 0.971 bits per heavy atom. The van der Waals surface area contributed by atoms with Gasteiger partial charge in [0.25, 0.3) is 0 Å². The Hall–Kier alpha value is -3.48. The van der Waals surface area contributed by atoms with E-state index in [1.54, 1.807) is 17.0 Å². The second kappa shape index (κ2) is 9.79. The fourth-order valence-electron chi connectivity index (χ4n) is 4.50. The molecule has 1 aliphatic heterocycles. The highest BCUT2D eigenvalue weighted by atomic mass is 19.4. The Balaban J connectivity index is 1.75. The Kier molecular flexibility index (Phi) is 6.82. The summed E-state index contributed by atoms with van der Waals surface area (Å²) in [7, 11) is 3.05. The van der Waals surface area contributed by atoms with Gasteiger partial charge in [0, 0.05) is 13.0 Å². The van der Waals surface area contributed by atoms with E-state index in [1.807, 2.05) is 36.4 Å². The summed E-state index contributed by atoms with van der Waals surface area (Å²) < 4.78 is 51.4. The molecule has 0 radical (unpaired) electrons. The maximum Gasteiger partial charge on any atom is 0.416 e. The van der Waals surface area contributed by atoms with Crippen LogP contribution in [0.1, 0.15) is 40.3 Å². The molecule has 0 N–H and O–H groups in total. The maximum absolute atomic E-state index is 13.5. The van der Waals surface area contributed by atoms with Gasteiger partial charge >= 0.3 is 6.18 Å². The van der Waals surface area contributed by atoms with Crippen molar-refractivity contribution in [2.24, 2.45) is 0 Å². The van der Waals surface area contributed by atoms with Crippen LogP contribution in [0.5, 0.6) is 11.5 Å². The Morgan fingerprint density at radius 2 is 1.68 bits per heavy atom. The highest BCUT2D eigenvalue weighted by Crippen LogP contribution is 2.42. The van der Waals surface area contributed by atoms with E-state index in [1.165, 1.54) is 20.3 Å². The van der Waals surface area contributed by atoms with Crippen molar-refractivity contribution in [1.29, 1.82) is 0 Å². The number of hydrogen-bond acceptors (Lipinski definition) is 3. The molecule has 0 aromatic heterocycles. The summed E-state index contributed by atoms with van der Waals surface area (Å²) in [5, 5.41) is 0. The minimum Gasteiger partial charge on any atom is -0.493 e. The molecule has 0 fully saturated rings. The van der Waals surface area contributed by atoms with E-state index in [0.29, 0.717) is 36.4 Å².